The van der Waals surface area contributed by atoms with Crippen molar-refractivity contribution in [2.75, 3.05) is 12.4 Å². The number of nitrogens with one attached hydrogen (secondary N) is 1. The highest BCUT2D eigenvalue weighted by Crippen LogP contribution is 2.38. The van der Waals surface area contributed by atoms with Gasteiger partial charge in [0.15, 0.2) is 0 Å². The third kappa shape index (κ3) is 1.99. The average Bonchev–Trinajstić information content (AvgIpc) is 2.98. The molecule has 0 aliphatic carbocycles. The van der Waals surface area contributed by atoms with Gasteiger partial charge in [-0.1, -0.05) is 24.3 Å². The Labute approximate surface area is 138 Å². The first-order valence-corrected chi connectivity index (χ1v) is 7.50. The van der Waals surface area contributed by atoms with Gasteiger partial charge in [-0.2, -0.15) is 5.26 Å². The third-order valence-electron chi connectivity index (χ3n) is 4.22. The molecular weight excluding hydrogens is 302 g/mol. The zero-order valence-electron chi connectivity index (χ0n) is 13.0. The summed E-state index contributed by atoms with van der Waals surface area (Å²) in [6.07, 6.45) is 0. The van der Waals surface area contributed by atoms with Crippen molar-refractivity contribution in [3.05, 3.63) is 65.5 Å². The molecule has 2 heterocycles. The number of nitrogens with zero attached hydrogens (tertiary/aromatic N) is 3. The summed E-state index contributed by atoms with van der Waals surface area (Å²) in [6, 6.07) is 17.4. The molecule has 0 saturated heterocycles. The maximum Gasteiger partial charge on any atom is 0.210 e. The first kappa shape index (κ1) is 14.2. The molecule has 4 rings (SSSR count). The highest BCUT2D eigenvalue weighted by molar-refractivity contribution is 5.80. The van der Waals surface area contributed by atoms with Crippen LogP contribution in [0.3, 0.4) is 0 Å². The van der Waals surface area contributed by atoms with E-state index in [0.717, 1.165) is 22.3 Å². The second kappa shape index (κ2) is 5.32. The summed E-state index contributed by atoms with van der Waals surface area (Å²) in [5, 5.41) is 12.7. The van der Waals surface area contributed by atoms with Crippen LogP contribution in [0, 0.1) is 11.3 Å². The number of methoxy groups -OCH3 is 1. The number of fused-ring (bicyclic) bond motifs is 3. The molecule has 6 heteroatoms. The van der Waals surface area contributed by atoms with Crippen LogP contribution in [0.4, 0.5) is 5.95 Å². The molecule has 0 spiro atoms. The number of hydrogen-bond acceptors (Lipinski definition) is 5. The molecule has 0 radical (unpaired) electrons. The Bertz CT molecular complexity index is 994. The van der Waals surface area contributed by atoms with E-state index in [0.29, 0.717) is 17.3 Å². The molecule has 3 aromatic rings. The first-order valence-electron chi connectivity index (χ1n) is 7.50. The fraction of sp³-hybridized carbons (Fsp3) is 0.111. The van der Waals surface area contributed by atoms with Crippen molar-refractivity contribution in [1.29, 1.82) is 5.26 Å². The van der Waals surface area contributed by atoms with E-state index in [-0.39, 0.29) is 6.04 Å². The van der Waals surface area contributed by atoms with Crippen molar-refractivity contribution < 1.29 is 4.74 Å². The molecule has 1 aliphatic heterocycles. The zero-order chi connectivity index (χ0) is 16.7. The molecule has 1 aromatic heterocycles. The van der Waals surface area contributed by atoms with Gasteiger partial charge >= 0.3 is 0 Å². The summed E-state index contributed by atoms with van der Waals surface area (Å²) in [5.74, 6) is 1.73. The Morgan fingerprint density at radius 3 is 2.67 bits per heavy atom. The Hall–Kier alpha value is -3.46. The summed E-state index contributed by atoms with van der Waals surface area (Å²) in [5.41, 5.74) is 9.29. The normalized spacial score (nSPS) is 16.4. The Kier molecular flexibility index (Phi) is 3.14. The van der Waals surface area contributed by atoms with E-state index < -0.39 is 0 Å². The number of benzene rings is 2. The van der Waals surface area contributed by atoms with Crippen LogP contribution in [0.1, 0.15) is 11.6 Å². The second-order valence-corrected chi connectivity index (χ2v) is 5.53. The summed E-state index contributed by atoms with van der Waals surface area (Å²) in [4.78, 5) is 4.59. The fourth-order valence-electron chi connectivity index (χ4n) is 3.08. The van der Waals surface area contributed by atoms with Crippen molar-refractivity contribution in [3.8, 4) is 11.8 Å². The van der Waals surface area contributed by atoms with Crippen molar-refractivity contribution in [3.63, 3.8) is 0 Å². The fourth-order valence-corrected chi connectivity index (χ4v) is 3.08. The number of ether oxygens (including phenoxy) is 1. The molecule has 1 aliphatic rings. The van der Waals surface area contributed by atoms with Gasteiger partial charge in [-0.25, -0.2) is 4.98 Å². The number of para-hydroxylation sites is 2. The lowest BCUT2D eigenvalue weighted by Crippen LogP contribution is -2.27. The molecule has 2 aromatic carbocycles. The molecule has 0 saturated carbocycles. The van der Waals surface area contributed by atoms with E-state index in [1.54, 1.807) is 7.11 Å². The van der Waals surface area contributed by atoms with Crippen LogP contribution in [0.2, 0.25) is 0 Å². The van der Waals surface area contributed by atoms with Crippen LogP contribution in [-0.4, -0.2) is 16.7 Å². The molecular formula is C18H15N5O. The van der Waals surface area contributed by atoms with Crippen LogP contribution >= 0.6 is 0 Å². The maximum absolute atomic E-state index is 9.64. The number of nitrogens with two attached hydrogens (primary N) is 1. The smallest absolute Gasteiger partial charge is 0.210 e. The number of anilines is 1. The molecule has 0 amide bonds. The van der Waals surface area contributed by atoms with Crippen LogP contribution in [0.25, 0.3) is 11.0 Å². The van der Waals surface area contributed by atoms with E-state index in [9.17, 15) is 5.26 Å². The van der Waals surface area contributed by atoms with E-state index in [1.165, 1.54) is 0 Å². The average molecular weight is 317 g/mol. The minimum absolute atomic E-state index is 0.329. The molecule has 0 unspecified atom stereocenters. The second-order valence-electron chi connectivity index (χ2n) is 5.53. The lowest BCUT2D eigenvalue weighted by Gasteiger charge is -2.27. The van der Waals surface area contributed by atoms with Crippen molar-refractivity contribution in [2.24, 2.45) is 5.73 Å². The highest BCUT2D eigenvalue weighted by Gasteiger charge is 2.30. The number of nitriles is 1. The molecule has 0 fully saturated rings. The number of imidazole rings is 1. The van der Waals surface area contributed by atoms with E-state index in [1.807, 2.05) is 53.1 Å². The molecule has 24 heavy (non-hydrogen) atoms. The maximum atomic E-state index is 9.64. The minimum Gasteiger partial charge on any atom is -0.497 e. The largest absolute Gasteiger partial charge is 0.497 e. The van der Waals surface area contributed by atoms with Gasteiger partial charge in [-0.15, -0.1) is 0 Å². The third-order valence-corrected chi connectivity index (χ3v) is 4.22. The highest BCUT2D eigenvalue weighted by atomic mass is 16.5. The van der Waals surface area contributed by atoms with E-state index >= 15 is 0 Å². The monoisotopic (exact) mass is 317 g/mol. The van der Waals surface area contributed by atoms with Crippen LogP contribution in [0.5, 0.6) is 5.75 Å². The Morgan fingerprint density at radius 2 is 1.96 bits per heavy atom. The summed E-state index contributed by atoms with van der Waals surface area (Å²) in [7, 11) is 1.62. The lowest BCUT2D eigenvalue weighted by atomic mass is 9.97. The summed E-state index contributed by atoms with van der Waals surface area (Å²) < 4.78 is 7.23. The number of hydrogen-bond donors (Lipinski definition) is 2. The summed E-state index contributed by atoms with van der Waals surface area (Å²) in [6.45, 7) is 0. The van der Waals surface area contributed by atoms with Gasteiger partial charge in [0.25, 0.3) is 0 Å². The van der Waals surface area contributed by atoms with Crippen LogP contribution in [-0.2, 0) is 0 Å². The van der Waals surface area contributed by atoms with Gasteiger partial charge in [0.2, 0.25) is 5.95 Å². The Morgan fingerprint density at radius 1 is 1.21 bits per heavy atom. The molecule has 0 bridgehead atoms. The first-order chi connectivity index (χ1) is 11.7. The van der Waals surface area contributed by atoms with Gasteiger partial charge in [0.1, 0.15) is 23.7 Å². The Balaban J connectivity index is 1.97. The summed E-state index contributed by atoms with van der Waals surface area (Å²) >= 11 is 0. The minimum atomic E-state index is -0.329. The van der Waals surface area contributed by atoms with Gasteiger partial charge < -0.3 is 15.8 Å². The predicted molar refractivity (Wildman–Crippen MR) is 91.3 cm³/mol. The molecule has 6 nitrogen and oxygen atoms in total. The van der Waals surface area contributed by atoms with Crippen molar-refractivity contribution in [1.82, 2.24) is 9.55 Å². The van der Waals surface area contributed by atoms with Gasteiger partial charge in [-0.05, 0) is 29.8 Å². The van der Waals surface area contributed by atoms with Gasteiger partial charge in [0, 0.05) is 0 Å². The number of aromatic nitrogens is 2. The molecule has 3 N–H and O–H groups in total. The van der Waals surface area contributed by atoms with Crippen LogP contribution < -0.4 is 15.8 Å². The molecule has 1 atom stereocenters. The molecule has 118 valence electrons. The zero-order valence-corrected chi connectivity index (χ0v) is 13.0. The van der Waals surface area contributed by atoms with Crippen LogP contribution in [0.15, 0.2) is 59.9 Å². The number of allylic oxidation sites excluding steroid dienone is 1. The van der Waals surface area contributed by atoms with Gasteiger partial charge in [0.05, 0.1) is 23.7 Å². The number of rotatable bonds is 2. The predicted octanol–water partition coefficient (Wildman–Crippen LogP) is 2.75. The van der Waals surface area contributed by atoms with E-state index in [4.69, 9.17) is 10.5 Å². The lowest BCUT2D eigenvalue weighted by molar-refractivity contribution is 0.414. The quantitative estimate of drug-likeness (QED) is 0.758. The van der Waals surface area contributed by atoms with Crippen molar-refractivity contribution in [2.45, 2.75) is 6.04 Å². The standard InChI is InChI=1S/C18H15N5O/c1-24-12-8-6-11(7-9-12)16-13(10-19)17(20)22-18-21-14-4-2-3-5-15(14)23(16)18/h2-9,16H,20H2,1H3,(H,21,22)/t16-/m1/s1. The van der Waals surface area contributed by atoms with E-state index in [2.05, 4.69) is 16.4 Å². The topological polar surface area (TPSA) is 88.9 Å². The van der Waals surface area contributed by atoms with Gasteiger partial charge in [-0.3, -0.25) is 4.57 Å². The SMILES string of the molecule is COc1ccc([C@@H]2C(C#N)=C(N)Nc3nc4ccccc4n32)cc1. The van der Waals surface area contributed by atoms with Crippen molar-refractivity contribution >= 4 is 17.0 Å².